The summed E-state index contributed by atoms with van der Waals surface area (Å²) in [6.45, 7) is 0. The number of non-ortho nitro benzene ring substituents is 1. The first-order valence-electron chi connectivity index (χ1n) is 4.49. The van der Waals surface area contributed by atoms with Gasteiger partial charge in [-0.1, -0.05) is 0 Å². The summed E-state index contributed by atoms with van der Waals surface area (Å²) in [5, 5.41) is 11.1. The molecule has 86 valence electrons. The maximum atomic E-state index is 10.8. The monoisotopic (exact) mass is 252 g/mol. The van der Waals surface area contributed by atoms with Crippen molar-refractivity contribution in [2.45, 2.75) is 0 Å². The molecule has 1 aromatic carbocycles. The maximum absolute atomic E-state index is 10.8. The Bertz CT molecular complexity index is 614. The van der Waals surface area contributed by atoms with E-state index in [0.29, 0.717) is 0 Å². The van der Waals surface area contributed by atoms with Crippen molar-refractivity contribution in [3.05, 3.63) is 40.6 Å². The van der Waals surface area contributed by atoms with Crippen LogP contribution < -0.4 is 4.74 Å². The third kappa shape index (κ3) is 2.16. The minimum atomic E-state index is -1.02. The number of hydrogen-bond acceptors (Lipinski definition) is 5. The number of carbonyl (C=O) groups is 1. The first-order valence-corrected chi connectivity index (χ1v) is 4.87. The molecule has 0 amide bonds. The van der Waals surface area contributed by atoms with Crippen molar-refractivity contribution in [1.82, 2.24) is 4.98 Å². The van der Waals surface area contributed by atoms with Crippen LogP contribution in [0.25, 0.3) is 10.9 Å². The summed E-state index contributed by atoms with van der Waals surface area (Å²) in [6.07, 6.45) is 1.44. The van der Waals surface area contributed by atoms with Crippen LogP contribution in [0.15, 0.2) is 30.5 Å². The molecule has 0 spiro atoms. The van der Waals surface area contributed by atoms with Gasteiger partial charge in [0.1, 0.15) is 5.52 Å². The van der Waals surface area contributed by atoms with E-state index in [-0.39, 0.29) is 22.3 Å². The normalized spacial score (nSPS) is 10.2. The molecule has 7 heteroatoms. The van der Waals surface area contributed by atoms with Crippen LogP contribution in [0.3, 0.4) is 0 Å². The Hall–Kier alpha value is -2.21. The molecule has 0 aliphatic rings. The predicted molar refractivity (Wildman–Crippen MR) is 60.3 cm³/mol. The fraction of sp³-hybridized carbons (Fsp3) is 0. The quantitative estimate of drug-likeness (QED) is 0.466. The standard InChI is InChI=1S/C10H5ClN2O4/c11-10(14)17-8-4-3-7(13(15)16)6-2-1-5-12-9(6)8/h1-5H. The Labute approximate surface area is 99.9 Å². The summed E-state index contributed by atoms with van der Waals surface area (Å²) in [4.78, 5) is 24.9. The minimum absolute atomic E-state index is 0.0891. The third-order valence-corrected chi connectivity index (χ3v) is 2.17. The summed E-state index contributed by atoms with van der Waals surface area (Å²) in [5.41, 5.74) is -0.913. The average Bonchev–Trinajstić information content (AvgIpc) is 2.28. The Balaban J connectivity index is 2.70. The number of pyridine rings is 1. The van der Waals surface area contributed by atoms with Gasteiger partial charge in [0.15, 0.2) is 5.75 Å². The molecule has 0 unspecified atom stereocenters. The maximum Gasteiger partial charge on any atom is 0.409 e. The van der Waals surface area contributed by atoms with Gasteiger partial charge in [0, 0.05) is 23.9 Å². The second-order valence-electron chi connectivity index (χ2n) is 3.08. The molecule has 0 aliphatic carbocycles. The second-order valence-corrected chi connectivity index (χ2v) is 3.39. The molecule has 1 heterocycles. The van der Waals surface area contributed by atoms with Crippen LogP contribution in [0.4, 0.5) is 10.5 Å². The van der Waals surface area contributed by atoms with Crippen molar-refractivity contribution in [2.75, 3.05) is 0 Å². The Morgan fingerprint density at radius 2 is 2.18 bits per heavy atom. The Morgan fingerprint density at radius 1 is 1.41 bits per heavy atom. The highest BCUT2D eigenvalue weighted by atomic mass is 35.5. The van der Waals surface area contributed by atoms with Crippen molar-refractivity contribution in [3.63, 3.8) is 0 Å². The lowest BCUT2D eigenvalue weighted by molar-refractivity contribution is -0.383. The number of ether oxygens (including phenoxy) is 1. The zero-order valence-electron chi connectivity index (χ0n) is 8.29. The first kappa shape index (κ1) is 11.3. The number of hydrogen-bond donors (Lipinski definition) is 0. The number of aromatic nitrogens is 1. The highest BCUT2D eigenvalue weighted by molar-refractivity contribution is 6.61. The summed E-state index contributed by atoms with van der Waals surface area (Å²) in [6, 6.07) is 5.60. The van der Waals surface area contributed by atoms with E-state index < -0.39 is 10.4 Å². The molecule has 0 radical (unpaired) electrons. The van der Waals surface area contributed by atoms with Crippen LogP contribution in [0, 0.1) is 10.1 Å². The lowest BCUT2D eigenvalue weighted by Gasteiger charge is -2.04. The molecule has 0 N–H and O–H groups in total. The van der Waals surface area contributed by atoms with Crippen LogP contribution in [-0.2, 0) is 0 Å². The fourth-order valence-corrected chi connectivity index (χ4v) is 1.54. The first-order chi connectivity index (χ1) is 8.09. The van der Waals surface area contributed by atoms with Gasteiger partial charge in [0.2, 0.25) is 0 Å². The summed E-state index contributed by atoms with van der Waals surface area (Å²) in [7, 11) is 0. The van der Waals surface area contributed by atoms with Gasteiger partial charge in [-0.2, -0.15) is 0 Å². The largest absolute Gasteiger partial charge is 0.412 e. The lowest BCUT2D eigenvalue weighted by Crippen LogP contribution is -1.99. The van der Waals surface area contributed by atoms with Gasteiger partial charge in [0.25, 0.3) is 5.69 Å². The van der Waals surface area contributed by atoms with Crippen LogP contribution in [0.1, 0.15) is 0 Å². The molecule has 0 atom stereocenters. The van der Waals surface area contributed by atoms with E-state index in [0.717, 1.165) is 0 Å². The van der Waals surface area contributed by atoms with Crippen LogP contribution in [0.2, 0.25) is 0 Å². The van der Waals surface area contributed by atoms with Gasteiger partial charge in [-0.15, -0.1) is 0 Å². The Kier molecular flexibility index (Phi) is 2.88. The fourth-order valence-electron chi connectivity index (χ4n) is 1.46. The second kappa shape index (κ2) is 4.34. The van der Waals surface area contributed by atoms with E-state index in [4.69, 9.17) is 16.3 Å². The van der Waals surface area contributed by atoms with Crippen molar-refractivity contribution in [2.24, 2.45) is 0 Å². The van der Waals surface area contributed by atoms with E-state index in [1.807, 2.05) is 0 Å². The van der Waals surface area contributed by atoms with Crippen molar-refractivity contribution in [3.8, 4) is 5.75 Å². The van der Waals surface area contributed by atoms with Crippen molar-refractivity contribution >= 4 is 33.6 Å². The molecule has 0 bridgehead atoms. The number of nitrogens with zero attached hydrogens (tertiary/aromatic N) is 2. The molecule has 0 aliphatic heterocycles. The number of halogens is 1. The van der Waals surface area contributed by atoms with Crippen LogP contribution in [0.5, 0.6) is 5.75 Å². The molecule has 17 heavy (non-hydrogen) atoms. The van der Waals surface area contributed by atoms with Crippen LogP contribution >= 0.6 is 11.6 Å². The van der Waals surface area contributed by atoms with Crippen LogP contribution in [-0.4, -0.2) is 15.3 Å². The molecular formula is C10H5ClN2O4. The van der Waals surface area contributed by atoms with E-state index in [2.05, 4.69) is 4.98 Å². The lowest BCUT2D eigenvalue weighted by atomic mass is 10.1. The zero-order valence-corrected chi connectivity index (χ0v) is 9.05. The number of fused-ring (bicyclic) bond motifs is 1. The van der Waals surface area contributed by atoms with E-state index in [1.54, 1.807) is 6.07 Å². The van der Waals surface area contributed by atoms with E-state index in [1.165, 1.54) is 24.4 Å². The minimum Gasteiger partial charge on any atom is -0.412 e. The Morgan fingerprint density at radius 3 is 2.82 bits per heavy atom. The van der Waals surface area contributed by atoms with Gasteiger partial charge in [0.05, 0.1) is 10.3 Å². The number of rotatable bonds is 2. The van der Waals surface area contributed by atoms with Crippen molar-refractivity contribution < 1.29 is 14.5 Å². The van der Waals surface area contributed by atoms with Gasteiger partial charge < -0.3 is 4.74 Å². The number of carbonyl (C=O) groups excluding carboxylic acids is 1. The molecule has 0 saturated heterocycles. The van der Waals surface area contributed by atoms with E-state index >= 15 is 0 Å². The smallest absolute Gasteiger partial charge is 0.409 e. The molecule has 6 nitrogen and oxygen atoms in total. The highest BCUT2D eigenvalue weighted by Gasteiger charge is 2.16. The molecule has 1 aromatic heterocycles. The van der Waals surface area contributed by atoms with Gasteiger partial charge in [-0.05, 0) is 18.2 Å². The molecule has 2 rings (SSSR count). The molecule has 2 aromatic rings. The van der Waals surface area contributed by atoms with Gasteiger partial charge >= 0.3 is 5.43 Å². The predicted octanol–water partition coefficient (Wildman–Crippen LogP) is 2.88. The molecule has 0 saturated carbocycles. The zero-order chi connectivity index (χ0) is 12.4. The van der Waals surface area contributed by atoms with E-state index in [9.17, 15) is 14.9 Å². The summed E-state index contributed by atoms with van der Waals surface area (Å²) in [5.74, 6) is 0.0891. The third-order valence-electron chi connectivity index (χ3n) is 2.10. The summed E-state index contributed by atoms with van der Waals surface area (Å²) < 4.78 is 4.70. The molecular weight excluding hydrogens is 248 g/mol. The molecule has 0 fully saturated rings. The SMILES string of the molecule is O=C(Cl)Oc1ccc([N+](=O)[O-])c2cccnc12. The average molecular weight is 253 g/mol. The van der Waals surface area contributed by atoms with Crippen molar-refractivity contribution in [1.29, 1.82) is 0 Å². The number of nitro benzene ring substituents is 1. The highest BCUT2D eigenvalue weighted by Crippen LogP contribution is 2.31. The van der Waals surface area contributed by atoms with Gasteiger partial charge in [-0.25, -0.2) is 4.79 Å². The summed E-state index contributed by atoms with van der Waals surface area (Å²) >= 11 is 5.09. The topological polar surface area (TPSA) is 82.3 Å². The number of nitro groups is 1. The number of benzene rings is 1. The van der Waals surface area contributed by atoms with Gasteiger partial charge in [-0.3, -0.25) is 15.1 Å².